The van der Waals surface area contributed by atoms with Crippen LogP contribution in [0.3, 0.4) is 0 Å². The number of fused-ring (bicyclic) bond motifs is 1. The third kappa shape index (κ3) is 4.30. The third-order valence-corrected chi connectivity index (χ3v) is 5.78. The second kappa shape index (κ2) is 9.13. The molecule has 0 spiro atoms. The van der Waals surface area contributed by atoms with Crippen molar-refractivity contribution in [2.45, 2.75) is 18.9 Å². The summed E-state index contributed by atoms with van der Waals surface area (Å²) in [5.74, 6) is -0.876. The lowest BCUT2D eigenvalue weighted by Crippen LogP contribution is -2.46. The van der Waals surface area contributed by atoms with Crippen molar-refractivity contribution in [2.75, 3.05) is 25.7 Å². The molecule has 2 atom stereocenters. The first-order valence-corrected chi connectivity index (χ1v) is 10.4. The molecular formula is C24H25N3O5. The average Bonchev–Trinajstić information content (AvgIpc) is 3.41. The molecule has 0 bridgehead atoms. The summed E-state index contributed by atoms with van der Waals surface area (Å²) in [6.45, 7) is 0.248. The summed E-state index contributed by atoms with van der Waals surface area (Å²) >= 11 is 0. The highest BCUT2D eigenvalue weighted by atomic mass is 16.5. The van der Waals surface area contributed by atoms with Crippen LogP contribution < -0.4 is 15.0 Å². The predicted molar refractivity (Wildman–Crippen MR) is 119 cm³/mol. The average molecular weight is 435 g/mol. The number of aromatic amines is 1. The van der Waals surface area contributed by atoms with Gasteiger partial charge in [-0.05, 0) is 35.9 Å². The summed E-state index contributed by atoms with van der Waals surface area (Å²) in [6.07, 6.45) is 2.20. The Labute approximate surface area is 185 Å². The number of hydrogen-bond acceptors (Lipinski definition) is 5. The maximum Gasteiger partial charge on any atom is 0.328 e. The number of carbonyl (C=O) groups excluding carboxylic acids is 3. The maximum atomic E-state index is 13.0. The van der Waals surface area contributed by atoms with E-state index in [9.17, 15) is 14.4 Å². The largest absolute Gasteiger partial charge is 0.497 e. The number of benzene rings is 2. The van der Waals surface area contributed by atoms with Crippen LogP contribution in [0.5, 0.6) is 5.75 Å². The molecule has 1 aliphatic heterocycles. The summed E-state index contributed by atoms with van der Waals surface area (Å²) < 4.78 is 10.1. The number of methoxy groups -OCH3 is 2. The Balaban J connectivity index is 1.46. The number of aromatic nitrogens is 1. The van der Waals surface area contributed by atoms with Crippen LogP contribution in [0.15, 0.2) is 54.7 Å². The second-order valence-electron chi connectivity index (χ2n) is 7.75. The molecule has 2 amide bonds. The van der Waals surface area contributed by atoms with E-state index >= 15 is 0 Å². The van der Waals surface area contributed by atoms with Gasteiger partial charge in [0, 0.05) is 42.2 Å². The van der Waals surface area contributed by atoms with Crippen LogP contribution in [0.25, 0.3) is 10.9 Å². The van der Waals surface area contributed by atoms with Crippen LogP contribution in [0, 0.1) is 5.92 Å². The quantitative estimate of drug-likeness (QED) is 0.555. The van der Waals surface area contributed by atoms with Crippen LogP contribution in [0.2, 0.25) is 0 Å². The van der Waals surface area contributed by atoms with Gasteiger partial charge >= 0.3 is 5.97 Å². The molecule has 4 rings (SSSR count). The monoisotopic (exact) mass is 435 g/mol. The van der Waals surface area contributed by atoms with E-state index in [1.165, 1.54) is 7.11 Å². The number of carbonyl (C=O) groups is 3. The van der Waals surface area contributed by atoms with Gasteiger partial charge < -0.3 is 24.7 Å². The van der Waals surface area contributed by atoms with Gasteiger partial charge in [-0.3, -0.25) is 9.59 Å². The zero-order chi connectivity index (χ0) is 22.7. The van der Waals surface area contributed by atoms with Crippen molar-refractivity contribution in [1.29, 1.82) is 0 Å². The normalized spacial score (nSPS) is 16.8. The maximum absolute atomic E-state index is 13.0. The van der Waals surface area contributed by atoms with Crippen LogP contribution >= 0.6 is 0 Å². The molecule has 1 aliphatic rings. The van der Waals surface area contributed by atoms with Gasteiger partial charge in [-0.2, -0.15) is 0 Å². The fraction of sp³-hybridized carbons (Fsp3) is 0.292. The predicted octanol–water partition coefficient (Wildman–Crippen LogP) is 2.43. The minimum absolute atomic E-state index is 0.0822. The van der Waals surface area contributed by atoms with E-state index in [2.05, 4.69) is 10.3 Å². The summed E-state index contributed by atoms with van der Waals surface area (Å²) in [4.78, 5) is 42.7. The molecule has 0 unspecified atom stereocenters. The lowest BCUT2D eigenvalue weighted by atomic mass is 10.0. The number of H-pyrrole nitrogens is 1. The van der Waals surface area contributed by atoms with Gasteiger partial charge in [0.1, 0.15) is 11.8 Å². The lowest BCUT2D eigenvalue weighted by Gasteiger charge is -2.20. The Morgan fingerprint density at radius 1 is 1.16 bits per heavy atom. The van der Waals surface area contributed by atoms with Gasteiger partial charge in [0.25, 0.3) is 0 Å². The van der Waals surface area contributed by atoms with Crippen molar-refractivity contribution in [3.05, 3.63) is 60.3 Å². The first-order valence-electron chi connectivity index (χ1n) is 10.4. The van der Waals surface area contributed by atoms with Crippen molar-refractivity contribution >= 4 is 34.4 Å². The fourth-order valence-corrected chi connectivity index (χ4v) is 4.04. The lowest BCUT2D eigenvalue weighted by molar-refractivity contribution is -0.145. The van der Waals surface area contributed by atoms with Crippen molar-refractivity contribution < 1.29 is 23.9 Å². The Bertz CT molecular complexity index is 1140. The first-order chi connectivity index (χ1) is 15.5. The summed E-state index contributed by atoms with van der Waals surface area (Å²) in [5.41, 5.74) is 2.56. The topological polar surface area (TPSA) is 101 Å². The number of esters is 1. The van der Waals surface area contributed by atoms with Crippen molar-refractivity contribution in [3.63, 3.8) is 0 Å². The molecule has 2 N–H and O–H groups in total. The van der Waals surface area contributed by atoms with Gasteiger partial charge in [0.05, 0.1) is 20.1 Å². The number of nitrogens with one attached hydrogen (secondary N) is 2. The smallest absolute Gasteiger partial charge is 0.328 e. The van der Waals surface area contributed by atoms with Gasteiger partial charge in [0.15, 0.2) is 0 Å². The summed E-state index contributed by atoms with van der Waals surface area (Å²) in [6, 6.07) is 14.0. The third-order valence-electron chi connectivity index (χ3n) is 5.78. The minimum atomic E-state index is -0.850. The number of hydrogen-bond donors (Lipinski definition) is 2. The molecule has 0 aliphatic carbocycles. The first kappa shape index (κ1) is 21.4. The van der Waals surface area contributed by atoms with Gasteiger partial charge in [0.2, 0.25) is 11.8 Å². The number of para-hydroxylation sites is 1. The molecule has 2 heterocycles. The zero-order valence-corrected chi connectivity index (χ0v) is 18.0. The van der Waals surface area contributed by atoms with E-state index in [1.807, 2.05) is 30.5 Å². The Kier molecular flexibility index (Phi) is 6.11. The molecule has 0 radical (unpaired) electrons. The van der Waals surface area contributed by atoms with Crippen molar-refractivity contribution in [3.8, 4) is 5.75 Å². The molecule has 1 saturated heterocycles. The molecule has 32 heavy (non-hydrogen) atoms. The molecule has 166 valence electrons. The molecule has 0 saturated carbocycles. The van der Waals surface area contributed by atoms with E-state index in [-0.39, 0.29) is 31.2 Å². The van der Waals surface area contributed by atoms with E-state index < -0.39 is 17.9 Å². The van der Waals surface area contributed by atoms with Gasteiger partial charge in [-0.25, -0.2) is 4.79 Å². The Hall–Kier alpha value is -3.81. The summed E-state index contributed by atoms with van der Waals surface area (Å²) in [5, 5.41) is 3.78. The van der Waals surface area contributed by atoms with Crippen LogP contribution in [-0.4, -0.2) is 49.6 Å². The highest BCUT2D eigenvalue weighted by Crippen LogP contribution is 2.27. The van der Waals surface area contributed by atoms with Crippen LogP contribution in [0.4, 0.5) is 5.69 Å². The molecule has 8 nitrogen and oxygen atoms in total. The van der Waals surface area contributed by atoms with Gasteiger partial charge in [-0.15, -0.1) is 0 Å². The number of rotatable bonds is 7. The number of amides is 2. The molecule has 3 aromatic rings. The highest BCUT2D eigenvalue weighted by Gasteiger charge is 2.37. The van der Waals surface area contributed by atoms with Crippen molar-refractivity contribution in [1.82, 2.24) is 10.3 Å². The van der Waals surface area contributed by atoms with E-state index in [0.717, 1.165) is 16.5 Å². The Morgan fingerprint density at radius 2 is 1.91 bits per heavy atom. The standard InChI is InChI=1S/C24H25N3O5/c1-31-18-9-7-17(8-10-18)27-14-16(12-22(27)28)23(29)26-21(24(30)32-2)11-15-13-25-20-6-4-3-5-19(15)20/h3-10,13,16,21,25H,11-12,14H2,1-2H3,(H,26,29)/t16-,21-/m0/s1. The fourth-order valence-electron chi connectivity index (χ4n) is 4.04. The molecular weight excluding hydrogens is 410 g/mol. The zero-order valence-electron chi connectivity index (χ0n) is 18.0. The minimum Gasteiger partial charge on any atom is -0.497 e. The number of ether oxygens (including phenoxy) is 2. The van der Waals surface area contributed by atoms with Crippen molar-refractivity contribution in [2.24, 2.45) is 5.92 Å². The number of anilines is 1. The SMILES string of the molecule is COC(=O)[C@H](Cc1c[nH]c2ccccc12)NC(=O)[C@H]1CC(=O)N(c2ccc(OC)cc2)C1. The van der Waals surface area contributed by atoms with E-state index in [4.69, 9.17) is 9.47 Å². The second-order valence-corrected chi connectivity index (χ2v) is 7.75. The van der Waals surface area contributed by atoms with Crippen LogP contribution in [-0.2, 0) is 25.5 Å². The van der Waals surface area contributed by atoms with Gasteiger partial charge in [-0.1, -0.05) is 18.2 Å². The molecule has 1 fully saturated rings. The molecule has 1 aromatic heterocycles. The van der Waals surface area contributed by atoms with E-state index in [1.54, 1.807) is 36.3 Å². The molecule has 2 aromatic carbocycles. The van der Waals surface area contributed by atoms with E-state index in [0.29, 0.717) is 11.4 Å². The summed E-state index contributed by atoms with van der Waals surface area (Å²) in [7, 11) is 2.87. The Morgan fingerprint density at radius 3 is 2.62 bits per heavy atom. The van der Waals surface area contributed by atoms with Crippen LogP contribution in [0.1, 0.15) is 12.0 Å². The highest BCUT2D eigenvalue weighted by molar-refractivity contribution is 6.01. The molecule has 8 heteroatoms. The number of nitrogens with zero attached hydrogens (tertiary/aromatic N) is 1.